The maximum absolute atomic E-state index is 15.8. The Kier molecular flexibility index (Phi) is 21.2. The van der Waals surface area contributed by atoms with E-state index in [0.29, 0.717) is 12.1 Å². The van der Waals surface area contributed by atoms with Gasteiger partial charge in [0.15, 0.2) is 105 Å². The Hall–Kier alpha value is -8.78. The van der Waals surface area contributed by atoms with Crippen LogP contribution >= 0.6 is 0 Å². The number of benzene rings is 8. The van der Waals surface area contributed by atoms with E-state index in [0.717, 1.165) is 0 Å². The van der Waals surface area contributed by atoms with Crippen LogP contribution in [-0.4, -0.2) is 12.6 Å². The number of hydrogen-bond acceptors (Lipinski definition) is 0. The second-order valence-electron chi connectivity index (χ2n) is 17.5. The maximum Gasteiger partial charge on any atom is 0.492 e. The summed E-state index contributed by atoms with van der Waals surface area (Å²) in [6.45, 7) is 4.17. The largest absolute Gasteiger partial charge is 0.492 e. The summed E-state index contributed by atoms with van der Waals surface area (Å²) in [6, 6.07) is 21.7. The van der Waals surface area contributed by atoms with E-state index in [1.54, 1.807) is 0 Å². The van der Waals surface area contributed by atoms with Crippen molar-refractivity contribution in [2.75, 3.05) is 0 Å². The van der Waals surface area contributed by atoms with E-state index in [2.05, 4.69) is 47.6 Å². The maximum atomic E-state index is 15.8. The summed E-state index contributed by atoms with van der Waals surface area (Å²) < 4.78 is 459. The van der Waals surface area contributed by atoms with Gasteiger partial charge < -0.3 is 9.51 Å². The van der Waals surface area contributed by atoms with Gasteiger partial charge in [0.05, 0.1) is 0 Å². The van der Waals surface area contributed by atoms with Gasteiger partial charge in [-0.05, 0) is 46.6 Å². The second kappa shape index (κ2) is 26.7. The predicted molar refractivity (Wildman–Crippen MR) is 248 cm³/mol. The first kappa shape index (κ1) is 70.0. The van der Waals surface area contributed by atoms with Crippen LogP contribution in [0.2, 0.25) is 0 Å². The van der Waals surface area contributed by atoms with Crippen LogP contribution in [0.3, 0.4) is 0 Å². The molecule has 0 aromatic heterocycles. The third kappa shape index (κ3) is 11.5. The molecular formula is C53H17B2F30N2V-. The molecule has 0 aliphatic rings. The molecule has 0 bridgehead atoms. The molecule has 0 amide bonds. The van der Waals surface area contributed by atoms with Gasteiger partial charge in [-0.2, -0.15) is 0 Å². The van der Waals surface area contributed by atoms with Gasteiger partial charge in [-0.3, -0.25) is 0 Å². The van der Waals surface area contributed by atoms with Gasteiger partial charge >= 0.3 is 12.6 Å². The number of rotatable bonds is 6. The number of hydrogen-bond donors (Lipinski definition) is 0. The van der Waals surface area contributed by atoms with Gasteiger partial charge in [-0.15, -0.1) is 6.42 Å². The molecule has 35 heteroatoms. The van der Waals surface area contributed by atoms with Crippen molar-refractivity contribution in [2.24, 2.45) is 0 Å². The minimum Gasteiger partial charge on any atom is -0.359 e. The SMILES string of the molecule is Cc1ccccc1.Cc1ccccc1.Fc1c(F)c(F)c([B-]([N+]#C[CH-]C#[N+][B-](c2c(F)c(F)c(F)c(F)c2F)(c2c(F)c(F)c(F)c(F)c2F)c2c(F)c(F)c(F)c(F)c2F)(c2c(F)c(F)c(F)c(F)c2F)c2c(F)c(F)c(F)c(F)c2F)c(F)c1F.[V]. The van der Waals surface area contributed by atoms with Crippen LogP contribution in [0.4, 0.5) is 132 Å². The first-order valence-electron chi connectivity index (χ1n) is 22.8. The second-order valence-corrected chi connectivity index (χ2v) is 17.5. The predicted octanol–water partition coefficient (Wildman–Crippen LogP) is 13.4. The molecule has 0 heterocycles. The van der Waals surface area contributed by atoms with Crippen LogP contribution in [0.5, 0.6) is 0 Å². The zero-order valence-corrected chi connectivity index (χ0v) is 43.6. The molecule has 8 aromatic carbocycles. The molecular weight excluding hydrogens is 1310 g/mol. The Morgan fingerprint density at radius 3 is 0.466 bits per heavy atom. The van der Waals surface area contributed by atoms with Gasteiger partial charge in [0, 0.05) is 30.7 Å². The van der Waals surface area contributed by atoms with Crippen LogP contribution in [-0.2, 0) is 18.6 Å². The van der Waals surface area contributed by atoms with E-state index in [1.807, 2.05) is 36.4 Å². The van der Waals surface area contributed by atoms with Crippen molar-refractivity contribution in [3.05, 3.63) is 262 Å². The van der Waals surface area contributed by atoms with Crippen molar-refractivity contribution >= 4 is 45.3 Å². The van der Waals surface area contributed by atoms with Gasteiger partial charge in [0.2, 0.25) is 0 Å². The van der Waals surface area contributed by atoms with Gasteiger partial charge in [-0.1, -0.05) is 71.8 Å². The molecule has 0 atom stereocenters. The molecule has 0 aliphatic carbocycles. The third-order valence-corrected chi connectivity index (χ3v) is 12.5. The number of nitrogens with zero attached hydrogens (tertiary/aromatic N) is 2. The number of halogens is 30. The summed E-state index contributed by atoms with van der Waals surface area (Å²) in [4.78, 5) is 0. The fourth-order valence-corrected chi connectivity index (χ4v) is 8.58. The molecule has 0 N–H and O–H groups in total. The molecule has 0 spiro atoms. The molecule has 0 saturated heterocycles. The normalized spacial score (nSPS) is 11.1. The minimum atomic E-state index is -7.06. The first-order chi connectivity index (χ1) is 40.5. The molecule has 8 aromatic rings. The molecule has 88 heavy (non-hydrogen) atoms. The van der Waals surface area contributed by atoms with E-state index in [4.69, 9.17) is 0 Å². The topological polar surface area (TPSA) is 8.72 Å². The monoisotopic (exact) mass is 1320 g/mol. The molecule has 0 unspecified atom stereocenters. The summed E-state index contributed by atoms with van der Waals surface area (Å²) in [5.74, 6) is -109. The van der Waals surface area contributed by atoms with Crippen LogP contribution in [0.25, 0.3) is 9.51 Å². The first-order valence-corrected chi connectivity index (χ1v) is 22.8. The van der Waals surface area contributed by atoms with E-state index < -0.39 is 226 Å². The van der Waals surface area contributed by atoms with Crippen LogP contribution in [0.1, 0.15) is 11.1 Å². The fourth-order valence-electron chi connectivity index (χ4n) is 8.58. The molecule has 0 fully saturated rings. The third-order valence-electron chi connectivity index (χ3n) is 12.5. The van der Waals surface area contributed by atoms with Crippen LogP contribution < -0.4 is 32.8 Å². The number of aryl methyl sites for hydroxylation is 2. The van der Waals surface area contributed by atoms with Crippen LogP contribution in [0.15, 0.2) is 60.7 Å². The van der Waals surface area contributed by atoms with E-state index >= 15 is 52.7 Å². The Bertz CT molecular complexity index is 3480. The molecule has 461 valence electrons. The summed E-state index contributed by atoms with van der Waals surface area (Å²) in [5, 5.41) is 0. The van der Waals surface area contributed by atoms with Crippen molar-refractivity contribution in [1.29, 1.82) is 0 Å². The van der Waals surface area contributed by atoms with E-state index in [9.17, 15) is 79.0 Å². The molecule has 1 radical (unpaired) electrons. The van der Waals surface area contributed by atoms with E-state index in [-0.39, 0.29) is 18.6 Å². The quantitative estimate of drug-likeness (QED) is 0.0516. The Balaban J connectivity index is 0.000000824. The Morgan fingerprint density at radius 1 is 0.227 bits per heavy atom. The average molecular weight is 1320 g/mol. The average Bonchev–Trinajstić information content (AvgIpc) is 0.760. The van der Waals surface area contributed by atoms with Crippen molar-refractivity contribution in [3.63, 3.8) is 0 Å². The summed E-state index contributed by atoms with van der Waals surface area (Å²) in [5.41, 5.74) is -18.6. The zero-order chi connectivity index (χ0) is 65.5. The molecule has 0 saturated carbocycles. The summed E-state index contributed by atoms with van der Waals surface area (Å²) in [7, 11) is 0. The van der Waals surface area contributed by atoms with E-state index in [1.165, 1.54) is 11.1 Å². The van der Waals surface area contributed by atoms with Gasteiger partial charge in [0.25, 0.3) is 0 Å². The van der Waals surface area contributed by atoms with Gasteiger partial charge in [-0.25, -0.2) is 132 Å². The Morgan fingerprint density at radius 2 is 0.352 bits per heavy atom. The molecule has 8 rings (SSSR count). The molecule has 2 nitrogen and oxygen atoms in total. The molecule has 0 aliphatic heterocycles. The standard InChI is InChI=1S/C39HB2F30N2.2C7H8.V/c42-10-4(11(43)23(55)34(66)22(10)54)40(5-12(44)24(56)35(67)25(57)13(5)45,6-14(46)26(58)36(68)27(59)15(6)47)72-2-1-3-73-41(7-16(48)28(60)37(69)29(61)17(7)49,8-18(50)30(62)38(70)31(63)19(8)51)9-20(52)32(64)39(71)33(65)21(9)53;2*1-7-5-3-2-4-6-7;/h1H;2*2-6H,1H3;/q-1;;;. The zero-order valence-electron chi connectivity index (χ0n) is 42.2. The van der Waals surface area contributed by atoms with Crippen molar-refractivity contribution in [1.82, 2.24) is 0 Å². The van der Waals surface area contributed by atoms with Crippen LogP contribution in [0, 0.1) is 207 Å². The van der Waals surface area contributed by atoms with Crippen molar-refractivity contribution in [3.8, 4) is 12.1 Å². The fraction of sp³-hybridized carbons (Fsp3) is 0.0377. The smallest absolute Gasteiger partial charge is 0.359 e. The summed E-state index contributed by atoms with van der Waals surface area (Å²) >= 11 is 0. The van der Waals surface area contributed by atoms with Gasteiger partial charge in [0.1, 0.15) is 69.8 Å². The van der Waals surface area contributed by atoms with Crippen molar-refractivity contribution in [2.45, 2.75) is 13.8 Å². The summed E-state index contributed by atoms with van der Waals surface area (Å²) in [6.07, 6.45) is -15.2. The Labute approximate surface area is 482 Å². The van der Waals surface area contributed by atoms with Crippen molar-refractivity contribution < 1.29 is 150 Å². The minimum absolute atomic E-state index is 0.